The Morgan fingerprint density at radius 3 is 2.21 bits per heavy atom. The Kier molecular flexibility index (Phi) is 3.27. The van der Waals surface area contributed by atoms with Gasteiger partial charge in [-0.3, -0.25) is 0 Å². The molecule has 0 aliphatic heterocycles. The molecule has 0 spiro atoms. The quantitative estimate of drug-likeness (QED) is 0.751. The van der Waals surface area contributed by atoms with Gasteiger partial charge in [0.05, 0.1) is 5.56 Å². The summed E-state index contributed by atoms with van der Waals surface area (Å²) in [5.74, 6) is 0. The summed E-state index contributed by atoms with van der Waals surface area (Å²) in [4.78, 5) is 0. The SMILES string of the molecule is Cc1cccc(-c2ccc(C(F)(F)F)cc2N)c1C. The second-order valence-electron chi connectivity index (χ2n) is 4.55. The van der Waals surface area contributed by atoms with Crippen molar-refractivity contribution < 1.29 is 13.2 Å². The van der Waals surface area contributed by atoms with E-state index >= 15 is 0 Å². The van der Waals surface area contributed by atoms with Crippen LogP contribution in [0.15, 0.2) is 36.4 Å². The van der Waals surface area contributed by atoms with Gasteiger partial charge < -0.3 is 5.73 Å². The van der Waals surface area contributed by atoms with Gasteiger partial charge >= 0.3 is 6.18 Å². The molecule has 0 saturated heterocycles. The zero-order valence-corrected chi connectivity index (χ0v) is 10.7. The Hall–Kier alpha value is -1.97. The Morgan fingerprint density at radius 2 is 1.63 bits per heavy atom. The number of anilines is 1. The van der Waals surface area contributed by atoms with E-state index in [-0.39, 0.29) is 5.69 Å². The highest BCUT2D eigenvalue weighted by atomic mass is 19.4. The average molecular weight is 265 g/mol. The molecule has 0 bridgehead atoms. The third kappa shape index (κ3) is 2.57. The van der Waals surface area contributed by atoms with Crippen molar-refractivity contribution in [3.63, 3.8) is 0 Å². The summed E-state index contributed by atoms with van der Waals surface area (Å²) in [5, 5.41) is 0. The van der Waals surface area contributed by atoms with E-state index in [1.807, 2.05) is 32.0 Å². The highest BCUT2D eigenvalue weighted by molar-refractivity contribution is 5.79. The lowest BCUT2D eigenvalue weighted by Crippen LogP contribution is -2.06. The van der Waals surface area contributed by atoms with Crippen molar-refractivity contribution in [3.05, 3.63) is 53.1 Å². The van der Waals surface area contributed by atoms with E-state index in [1.165, 1.54) is 6.07 Å². The molecule has 0 amide bonds. The van der Waals surface area contributed by atoms with Crippen LogP contribution in [0, 0.1) is 13.8 Å². The molecule has 0 radical (unpaired) electrons. The van der Waals surface area contributed by atoms with Crippen molar-refractivity contribution in [2.45, 2.75) is 20.0 Å². The maximum atomic E-state index is 12.6. The fourth-order valence-electron chi connectivity index (χ4n) is 2.03. The van der Waals surface area contributed by atoms with E-state index in [4.69, 9.17) is 5.73 Å². The van der Waals surface area contributed by atoms with Crippen molar-refractivity contribution in [2.24, 2.45) is 0 Å². The number of hydrogen-bond acceptors (Lipinski definition) is 1. The van der Waals surface area contributed by atoms with Crippen LogP contribution in [0.1, 0.15) is 16.7 Å². The van der Waals surface area contributed by atoms with E-state index in [2.05, 4.69) is 0 Å². The zero-order valence-electron chi connectivity index (χ0n) is 10.7. The monoisotopic (exact) mass is 265 g/mol. The lowest BCUT2D eigenvalue weighted by Gasteiger charge is -2.13. The molecule has 2 aromatic rings. The standard InChI is InChI=1S/C15H14F3N/c1-9-4-3-5-12(10(9)2)13-7-6-11(8-14(13)19)15(16,17)18/h3-8H,19H2,1-2H3. The minimum Gasteiger partial charge on any atom is -0.398 e. The van der Waals surface area contributed by atoms with E-state index in [9.17, 15) is 13.2 Å². The van der Waals surface area contributed by atoms with Crippen LogP contribution in [-0.2, 0) is 6.18 Å². The molecular weight excluding hydrogens is 251 g/mol. The maximum Gasteiger partial charge on any atom is 0.416 e. The van der Waals surface area contributed by atoms with E-state index in [0.717, 1.165) is 28.8 Å². The van der Waals surface area contributed by atoms with Gasteiger partial charge in [0.2, 0.25) is 0 Å². The van der Waals surface area contributed by atoms with Crippen LogP contribution in [-0.4, -0.2) is 0 Å². The molecule has 2 aromatic carbocycles. The van der Waals surface area contributed by atoms with Gasteiger partial charge in [-0.05, 0) is 42.7 Å². The van der Waals surface area contributed by atoms with Crippen LogP contribution in [0.4, 0.5) is 18.9 Å². The fourth-order valence-corrected chi connectivity index (χ4v) is 2.03. The molecule has 4 heteroatoms. The summed E-state index contributed by atoms with van der Waals surface area (Å²) in [6.07, 6.45) is -4.37. The van der Waals surface area contributed by atoms with Crippen molar-refractivity contribution >= 4 is 5.69 Å². The molecule has 0 heterocycles. The molecule has 0 aromatic heterocycles. The number of nitrogen functional groups attached to an aromatic ring is 1. The van der Waals surface area contributed by atoms with Gasteiger partial charge in [0.25, 0.3) is 0 Å². The highest BCUT2D eigenvalue weighted by Gasteiger charge is 2.30. The molecule has 0 atom stereocenters. The molecule has 2 rings (SSSR count). The number of alkyl halides is 3. The first-order valence-corrected chi connectivity index (χ1v) is 5.84. The van der Waals surface area contributed by atoms with Crippen LogP contribution >= 0.6 is 0 Å². The van der Waals surface area contributed by atoms with Gasteiger partial charge in [0, 0.05) is 11.3 Å². The second-order valence-corrected chi connectivity index (χ2v) is 4.55. The number of rotatable bonds is 1. The minimum absolute atomic E-state index is 0.142. The molecular formula is C15H14F3N. The summed E-state index contributed by atoms with van der Waals surface area (Å²) in [6.45, 7) is 3.89. The first kappa shape index (κ1) is 13.5. The van der Waals surface area contributed by atoms with E-state index in [0.29, 0.717) is 5.56 Å². The van der Waals surface area contributed by atoms with Gasteiger partial charge in [-0.25, -0.2) is 0 Å². The normalized spacial score (nSPS) is 11.6. The van der Waals surface area contributed by atoms with Crippen molar-refractivity contribution in [1.82, 2.24) is 0 Å². The smallest absolute Gasteiger partial charge is 0.398 e. The van der Waals surface area contributed by atoms with E-state index in [1.54, 1.807) is 0 Å². The Balaban J connectivity index is 2.56. The Morgan fingerprint density at radius 1 is 0.947 bits per heavy atom. The number of aryl methyl sites for hydroxylation is 1. The van der Waals surface area contributed by atoms with Crippen LogP contribution in [0.5, 0.6) is 0 Å². The first-order valence-electron chi connectivity index (χ1n) is 5.84. The summed E-state index contributed by atoms with van der Waals surface area (Å²) < 4.78 is 37.8. The van der Waals surface area contributed by atoms with Crippen LogP contribution in [0.3, 0.4) is 0 Å². The topological polar surface area (TPSA) is 26.0 Å². The van der Waals surface area contributed by atoms with Crippen LogP contribution < -0.4 is 5.73 Å². The van der Waals surface area contributed by atoms with Crippen LogP contribution in [0.2, 0.25) is 0 Å². The van der Waals surface area contributed by atoms with Gasteiger partial charge in [0.15, 0.2) is 0 Å². The first-order chi connectivity index (χ1) is 8.80. The average Bonchev–Trinajstić information content (AvgIpc) is 2.32. The summed E-state index contributed by atoms with van der Waals surface area (Å²) >= 11 is 0. The van der Waals surface area contributed by atoms with Crippen molar-refractivity contribution in [3.8, 4) is 11.1 Å². The molecule has 1 nitrogen and oxygen atoms in total. The van der Waals surface area contributed by atoms with Crippen molar-refractivity contribution in [2.75, 3.05) is 5.73 Å². The molecule has 2 N–H and O–H groups in total. The van der Waals surface area contributed by atoms with Gasteiger partial charge in [-0.1, -0.05) is 24.3 Å². The predicted molar refractivity (Wildman–Crippen MR) is 70.8 cm³/mol. The van der Waals surface area contributed by atoms with Crippen molar-refractivity contribution in [1.29, 1.82) is 0 Å². The second kappa shape index (κ2) is 4.61. The third-order valence-electron chi connectivity index (χ3n) is 3.27. The van der Waals surface area contributed by atoms with Gasteiger partial charge in [-0.15, -0.1) is 0 Å². The zero-order chi connectivity index (χ0) is 14.2. The lowest BCUT2D eigenvalue weighted by molar-refractivity contribution is -0.137. The largest absolute Gasteiger partial charge is 0.416 e. The minimum atomic E-state index is -4.37. The molecule has 0 fully saturated rings. The molecule has 19 heavy (non-hydrogen) atoms. The Labute approximate surface area is 109 Å². The molecule has 100 valence electrons. The Bertz CT molecular complexity index is 615. The molecule has 0 aliphatic rings. The van der Waals surface area contributed by atoms with Crippen LogP contribution in [0.25, 0.3) is 11.1 Å². The number of hydrogen-bond donors (Lipinski definition) is 1. The summed E-state index contributed by atoms with van der Waals surface area (Å²) in [7, 11) is 0. The summed E-state index contributed by atoms with van der Waals surface area (Å²) in [5.41, 5.74) is 8.79. The van der Waals surface area contributed by atoms with E-state index < -0.39 is 11.7 Å². The number of benzene rings is 2. The number of nitrogens with two attached hydrogens (primary N) is 1. The molecule has 0 aliphatic carbocycles. The lowest BCUT2D eigenvalue weighted by atomic mass is 9.95. The summed E-state index contributed by atoms with van der Waals surface area (Å²) in [6, 6.07) is 9.17. The number of halogens is 3. The maximum absolute atomic E-state index is 12.6. The predicted octanol–water partition coefficient (Wildman–Crippen LogP) is 4.57. The molecule has 0 saturated carbocycles. The van der Waals surface area contributed by atoms with Gasteiger partial charge in [-0.2, -0.15) is 13.2 Å². The third-order valence-corrected chi connectivity index (χ3v) is 3.27. The fraction of sp³-hybridized carbons (Fsp3) is 0.200. The molecule has 0 unspecified atom stereocenters. The highest BCUT2D eigenvalue weighted by Crippen LogP contribution is 2.35. The van der Waals surface area contributed by atoms with Gasteiger partial charge in [0.1, 0.15) is 0 Å².